The first kappa shape index (κ1) is 10.2. The highest BCUT2D eigenvalue weighted by atomic mass is 16.1. The van der Waals surface area contributed by atoms with Crippen molar-refractivity contribution in [3.63, 3.8) is 0 Å². The summed E-state index contributed by atoms with van der Waals surface area (Å²) >= 11 is 0. The quantitative estimate of drug-likeness (QED) is 0.731. The summed E-state index contributed by atoms with van der Waals surface area (Å²) in [6, 6.07) is 0.157. The second kappa shape index (κ2) is 3.65. The van der Waals surface area contributed by atoms with Gasteiger partial charge in [0.05, 0.1) is 6.04 Å². The van der Waals surface area contributed by atoms with Crippen molar-refractivity contribution in [2.24, 2.45) is 11.3 Å². The van der Waals surface area contributed by atoms with E-state index in [-0.39, 0.29) is 6.04 Å². The van der Waals surface area contributed by atoms with Crippen molar-refractivity contribution in [1.82, 2.24) is 5.32 Å². The molecule has 2 nitrogen and oxygen atoms in total. The number of carbonyl (C=O) groups is 1. The monoisotopic (exact) mass is 195 g/mol. The van der Waals surface area contributed by atoms with E-state index in [2.05, 4.69) is 19.2 Å². The first-order chi connectivity index (χ1) is 6.58. The largest absolute Gasteiger partial charge is 0.307 e. The van der Waals surface area contributed by atoms with E-state index in [1.165, 1.54) is 12.8 Å². The van der Waals surface area contributed by atoms with E-state index < -0.39 is 0 Å². The fraction of sp³-hybridized carbons (Fsp3) is 0.917. The lowest BCUT2D eigenvalue weighted by atomic mass is 9.73. The van der Waals surface area contributed by atoms with E-state index in [9.17, 15) is 4.79 Å². The molecule has 0 bridgehead atoms. The van der Waals surface area contributed by atoms with Crippen molar-refractivity contribution >= 4 is 5.78 Å². The smallest absolute Gasteiger partial charge is 0.152 e. The average molecular weight is 195 g/mol. The lowest BCUT2D eigenvalue weighted by Gasteiger charge is -2.38. The lowest BCUT2D eigenvalue weighted by Crippen LogP contribution is -2.49. The summed E-state index contributed by atoms with van der Waals surface area (Å²) in [6.07, 6.45) is 5.76. The summed E-state index contributed by atoms with van der Waals surface area (Å²) in [5, 5.41) is 3.37. The fourth-order valence-electron chi connectivity index (χ4n) is 2.49. The summed E-state index contributed by atoms with van der Waals surface area (Å²) in [5.74, 6) is 0.880. The number of hydrogen-bond acceptors (Lipinski definition) is 2. The van der Waals surface area contributed by atoms with Gasteiger partial charge in [0.2, 0.25) is 0 Å². The minimum absolute atomic E-state index is 0.157. The topological polar surface area (TPSA) is 29.1 Å². The zero-order chi connectivity index (χ0) is 10.2. The van der Waals surface area contributed by atoms with Crippen molar-refractivity contribution < 1.29 is 4.79 Å². The van der Waals surface area contributed by atoms with Crippen LogP contribution >= 0.6 is 0 Å². The predicted molar refractivity (Wildman–Crippen MR) is 57.2 cm³/mol. The molecular weight excluding hydrogens is 174 g/mol. The molecule has 1 atom stereocenters. The van der Waals surface area contributed by atoms with E-state index >= 15 is 0 Å². The molecule has 1 heterocycles. The van der Waals surface area contributed by atoms with Gasteiger partial charge >= 0.3 is 0 Å². The van der Waals surface area contributed by atoms with Gasteiger partial charge in [-0.1, -0.05) is 20.3 Å². The number of rotatable bonds is 2. The normalized spacial score (nSPS) is 32.3. The number of hydrogen-bond donors (Lipinski definition) is 1. The van der Waals surface area contributed by atoms with Crippen LogP contribution in [0.1, 0.15) is 46.0 Å². The van der Waals surface area contributed by atoms with E-state index in [0.29, 0.717) is 17.1 Å². The molecule has 2 aliphatic rings. The Morgan fingerprint density at radius 1 is 1.36 bits per heavy atom. The standard InChI is InChI=1S/C12H21NO/c1-12(2)6-7-13-10(8-12)11(14)9-4-3-5-9/h9-10,13H,3-8H2,1-2H3. The third-order valence-electron chi connectivity index (χ3n) is 3.80. The molecule has 1 aliphatic heterocycles. The third-order valence-corrected chi connectivity index (χ3v) is 3.80. The number of nitrogens with one attached hydrogen (secondary N) is 1. The molecular formula is C12H21NO. The maximum Gasteiger partial charge on any atom is 0.152 e. The second-order valence-corrected chi connectivity index (χ2v) is 5.66. The molecule has 0 aromatic heterocycles. The zero-order valence-corrected chi connectivity index (χ0v) is 9.31. The highest BCUT2D eigenvalue weighted by molar-refractivity contribution is 5.87. The molecule has 1 unspecified atom stereocenters. The summed E-state index contributed by atoms with van der Waals surface area (Å²) in [4.78, 5) is 12.0. The molecule has 1 saturated carbocycles. The molecule has 80 valence electrons. The first-order valence-electron chi connectivity index (χ1n) is 5.86. The lowest BCUT2D eigenvalue weighted by molar-refractivity contribution is -0.128. The highest BCUT2D eigenvalue weighted by Gasteiger charge is 2.36. The molecule has 1 saturated heterocycles. The van der Waals surface area contributed by atoms with Crippen molar-refractivity contribution in [2.75, 3.05) is 6.54 Å². The Labute approximate surface area is 86.5 Å². The Morgan fingerprint density at radius 2 is 2.07 bits per heavy atom. The van der Waals surface area contributed by atoms with E-state index in [0.717, 1.165) is 25.8 Å². The van der Waals surface area contributed by atoms with E-state index in [4.69, 9.17) is 0 Å². The van der Waals surface area contributed by atoms with E-state index in [1.54, 1.807) is 0 Å². The summed E-state index contributed by atoms with van der Waals surface area (Å²) in [5.41, 5.74) is 0.356. The van der Waals surface area contributed by atoms with Gasteiger partial charge in [-0.3, -0.25) is 4.79 Å². The van der Waals surface area contributed by atoms with Crippen LogP contribution in [-0.4, -0.2) is 18.4 Å². The third kappa shape index (κ3) is 2.00. The highest BCUT2D eigenvalue weighted by Crippen LogP contribution is 2.34. The van der Waals surface area contributed by atoms with Crippen LogP contribution in [0.5, 0.6) is 0 Å². The zero-order valence-electron chi connectivity index (χ0n) is 9.31. The van der Waals surface area contributed by atoms with E-state index in [1.807, 2.05) is 0 Å². The number of ketones is 1. The summed E-state index contributed by atoms with van der Waals surface area (Å²) in [7, 11) is 0. The maximum atomic E-state index is 12.0. The molecule has 0 amide bonds. The van der Waals surface area contributed by atoms with Crippen LogP contribution in [0.2, 0.25) is 0 Å². The molecule has 0 aromatic carbocycles. The van der Waals surface area contributed by atoms with Crippen LogP contribution in [0.15, 0.2) is 0 Å². The Kier molecular flexibility index (Phi) is 2.65. The van der Waals surface area contributed by atoms with Crippen LogP contribution in [0, 0.1) is 11.3 Å². The van der Waals surface area contributed by atoms with Crippen molar-refractivity contribution in [3.8, 4) is 0 Å². The Hall–Kier alpha value is -0.370. The summed E-state index contributed by atoms with van der Waals surface area (Å²) in [6.45, 7) is 5.56. The minimum Gasteiger partial charge on any atom is -0.307 e. The average Bonchev–Trinajstić information content (AvgIpc) is 1.99. The Morgan fingerprint density at radius 3 is 2.57 bits per heavy atom. The van der Waals surface area contributed by atoms with Crippen LogP contribution in [0.25, 0.3) is 0 Å². The van der Waals surface area contributed by atoms with Gasteiger partial charge in [0.25, 0.3) is 0 Å². The predicted octanol–water partition coefficient (Wildman–Crippen LogP) is 2.13. The maximum absolute atomic E-state index is 12.0. The number of Topliss-reactive ketones (excluding diaryl/α,β-unsaturated/α-hetero) is 1. The van der Waals surface area contributed by atoms with Crippen LogP contribution in [-0.2, 0) is 4.79 Å². The SMILES string of the molecule is CC1(C)CCNC(C(=O)C2CCC2)C1. The second-order valence-electron chi connectivity index (χ2n) is 5.66. The van der Waals surface area contributed by atoms with Gasteiger partial charge in [-0.05, 0) is 37.6 Å². The van der Waals surface area contributed by atoms with Gasteiger partial charge in [0.1, 0.15) is 0 Å². The number of piperidine rings is 1. The van der Waals surface area contributed by atoms with Gasteiger partial charge in [0.15, 0.2) is 5.78 Å². The van der Waals surface area contributed by atoms with Crippen LogP contribution in [0.3, 0.4) is 0 Å². The molecule has 2 fully saturated rings. The molecule has 0 radical (unpaired) electrons. The molecule has 2 rings (SSSR count). The van der Waals surface area contributed by atoms with Crippen LogP contribution in [0.4, 0.5) is 0 Å². The molecule has 0 spiro atoms. The molecule has 1 N–H and O–H groups in total. The van der Waals surface area contributed by atoms with Crippen molar-refractivity contribution in [3.05, 3.63) is 0 Å². The minimum atomic E-state index is 0.157. The van der Waals surface area contributed by atoms with Crippen molar-refractivity contribution in [2.45, 2.75) is 52.0 Å². The Balaban J connectivity index is 1.93. The summed E-state index contributed by atoms with van der Waals surface area (Å²) < 4.78 is 0. The Bertz CT molecular complexity index is 230. The number of carbonyl (C=O) groups excluding carboxylic acids is 1. The molecule has 14 heavy (non-hydrogen) atoms. The first-order valence-corrected chi connectivity index (χ1v) is 5.86. The molecule has 2 heteroatoms. The van der Waals surface area contributed by atoms with Gasteiger partial charge in [-0.25, -0.2) is 0 Å². The fourth-order valence-corrected chi connectivity index (χ4v) is 2.49. The van der Waals surface area contributed by atoms with Gasteiger partial charge in [-0.2, -0.15) is 0 Å². The van der Waals surface area contributed by atoms with Gasteiger partial charge < -0.3 is 5.32 Å². The molecule has 1 aliphatic carbocycles. The molecule has 0 aromatic rings. The van der Waals surface area contributed by atoms with Crippen LogP contribution < -0.4 is 5.32 Å². The van der Waals surface area contributed by atoms with Gasteiger partial charge in [-0.15, -0.1) is 0 Å². The van der Waals surface area contributed by atoms with Crippen molar-refractivity contribution in [1.29, 1.82) is 0 Å². The van der Waals surface area contributed by atoms with Gasteiger partial charge in [0, 0.05) is 5.92 Å².